The van der Waals surface area contributed by atoms with Crippen LogP contribution in [0.4, 0.5) is 0 Å². The van der Waals surface area contributed by atoms with Gasteiger partial charge in [0.15, 0.2) is 0 Å². The van der Waals surface area contributed by atoms with Crippen molar-refractivity contribution in [1.29, 1.82) is 0 Å². The van der Waals surface area contributed by atoms with Gasteiger partial charge in [-0.25, -0.2) is 4.98 Å². The number of aromatic nitrogens is 2. The monoisotopic (exact) mass is 315 g/mol. The number of benzene rings is 1. The Bertz CT molecular complexity index is 649. The molecular formula is C18H25N3O2. The molecule has 3 rings (SSSR count). The lowest BCUT2D eigenvalue weighted by atomic mass is 9.87. The van der Waals surface area contributed by atoms with Crippen LogP contribution < -0.4 is 4.74 Å². The molecule has 5 nitrogen and oxygen atoms in total. The maximum atomic E-state index is 11.0. The van der Waals surface area contributed by atoms with Crippen molar-refractivity contribution in [3.63, 3.8) is 0 Å². The van der Waals surface area contributed by atoms with Crippen LogP contribution in [0.1, 0.15) is 31.0 Å². The molecule has 2 atom stereocenters. The molecule has 0 bridgehead atoms. The SMILES string of the molecule is CN1CCC[C@@H]1C(C)(O)c1ccc(OCc2cncn2C)cc1. The first-order chi connectivity index (χ1) is 11.0. The summed E-state index contributed by atoms with van der Waals surface area (Å²) in [6, 6.07) is 7.95. The number of rotatable bonds is 5. The number of hydrogen-bond acceptors (Lipinski definition) is 4. The largest absolute Gasteiger partial charge is 0.487 e. The van der Waals surface area contributed by atoms with E-state index in [0.29, 0.717) is 6.61 Å². The highest BCUT2D eigenvalue weighted by Gasteiger charge is 2.38. The summed E-state index contributed by atoms with van der Waals surface area (Å²) in [6.07, 6.45) is 5.73. The molecule has 1 N–H and O–H groups in total. The van der Waals surface area contributed by atoms with E-state index in [0.717, 1.165) is 36.4 Å². The van der Waals surface area contributed by atoms with Gasteiger partial charge in [0.1, 0.15) is 18.0 Å². The maximum Gasteiger partial charge on any atom is 0.130 e. The highest BCUT2D eigenvalue weighted by atomic mass is 16.5. The van der Waals surface area contributed by atoms with Gasteiger partial charge < -0.3 is 19.3 Å². The average molecular weight is 315 g/mol. The van der Waals surface area contributed by atoms with Crippen LogP contribution in [0.25, 0.3) is 0 Å². The molecular weight excluding hydrogens is 290 g/mol. The summed E-state index contributed by atoms with van der Waals surface area (Å²) < 4.78 is 7.73. The molecule has 1 aliphatic heterocycles. The summed E-state index contributed by atoms with van der Waals surface area (Å²) in [6.45, 7) is 3.44. The second-order valence-corrected chi connectivity index (χ2v) is 6.60. The minimum Gasteiger partial charge on any atom is -0.487 e. The Labute approximate surface area is 137 Å². The fraction of sp³-hybridized carbons (Fsp3) is 0.500. The quantitative estimate of drug-likeness (QED) is 0.920. The lowest BCUT2D eigenvalue weighted by Gasteiger charge is -2.35. The number of aryl methyl sites for hydroxylation is 1. The summed E-state index contributed by atoms with van der Waals surface area (Å²) in [5.74, 6) is 0.797. The molecule has 0 amide bonds. The molecule has 5 heteroatoms. The van der Waals surface area contributed by atoms with Gasteiger partial charge in [-0.2, -0.15) is 0 Å². The van der Waals surface area contributed by atoms with Crippen LogP contribution in [0.15, 0.2) is 36.8 Å². The predicted molar refractivity (Wildman–Crippen MR) is 89.2 cm³/mol. The van der Waals surface area contributed by atoms with Crippen molar-refractivity contribution in [3.05, 3.63) is 48.0 Å². The first kappa shape index (κ1) is 16.0. The van der Waals surface area contributed by atoms with Crippen molar-refractivity contribution in [2.24, 2.45) is 7.05 Å². The second-order valence-electron chi connectivity index (χ2n) is 6.60. The van der Waals surface area contributed by atoms with Crippen LogP contribution in [-0.4, -0.2) is 39.2 Å². The van der Waals surface area contributed by atoms with Gasteiger partial charge in [-0.1, -0.05) is 12.1 Å². The van der Waals surface area contributed by atoms with Crippen LogP contribution in [0, 0.1) is 0 Å². The zero-order chi connectivity index (χ0) is 16.4. The number of likely N-dealkylation sites (N-methyl/N-ethyl adjacent to an activating group) is 1. The Morgan fingerprint density at radius 3 is 2.61 bits per heavy atom. The van der Waals surface area contributed by atoms with Gasteiger partial charge in [0, 0.05) is 13.1 Å². The van der Waals surface area contributed by atoms with Gasteiger partial charge in [0.05, 0.1) is 18.2 Å². The van der Waals surface area contributed by atoms with Crippen molar-refractivity contribution in [2.45, 2.75) is 38.0 Å². The number of nitrogens with zero attached hydrogens (tertiary/aromatic N) is 3. The summed E-state index contributed by atoms with van der Waals surface area (Å²) in [7, 11) is 4.03. The van der Waals surface area contributed by atoms with Crippen molar-refractivity contribution in [3.8, 4) is 5.75 Å². The van der Waals surface area contributed by atoms with Crippen molar-refractivity contribution >= 4 is 0 Å². The number of aliphatic hydroxyl groups is 1. The van der Waals surface area contributed by atoms with E-state index in [4.69, 9.17) is 4.74 Å². The zero-order valence-electron chi connectivity index (χ0n) is 14.1. The first-order valence-corrected chi connectivity index (χ1v) is 8.09. The fourth-order valence-corrected chi connectivity index (χ4v) is 3.38. The molecule has 1 aromatic heterocycles. The van der Waals surface area contributed by atoms with E-state index >= 15 is 0 Å². The average Bonchev–Trinajstić information content (AvgIpc) is 3.14. The molecule has 1 unspecified atom stereocenters. The smallest absolute Gasteiger partial charge is 0.130 e. The normalized spacial score (nSPS) is 21.3. The van der Waals surface area contributed by atoms with E-state index in [-0.39, 0.29) is 6.04 Å². The molecule has 0 spiro atoms. The van der Waals surface area contributed by atoms with E-state index in [2.05, 4.69) is 16.9 Å². The molecule has 124 valence electrons. The molecule has 1 aliphatic rings. The van der Waals surface area contributed by atoms with E-state index in [1.165, 1.54) is 0 Å². The van der Waals surface area contributed by atoms with Crippen molar-refractivity contribution in [2.75, 3.05) is 13.6 Å². The van der Waals surface area contributed by atoms with E-state index in [9.17, 15) is 5.11 Å². The van der Waals surface area contributed by atoms with Crippen LogP contribution >= 0.6 is 0 Å². The van der Waals surface area contributed by atoms with Gasteiger partial charge in [0.25, 0.3) is 0 Å². The molecule has 0 radical (unpaired) electrons. The second kappa shape index (κ2) is 6.34. The Kier molecular flexibility index (Phi) is 4.41. The third-order valence-corrected chi connectivity index (χ3v) is 4.91. The minimum atomic E-state index is -0.841. The van der Waals surface area contributed by atoms with Gasteiger partial charge in [-0.05, 0) is 51.1 Å². The standard InChI is InChI=1S/C18H25N3O2/c1-18(22,17-5-4-10-20(17)2)14-6-8-16(9-7-14)23-12-15-11-19-13-21(15)3/h6-9,11,13,17,22H,4-5,10,12H2,1-3H3/t17-,18?/m1/s1. The van der Waals surface area contributed by atoms with Crippen molar-refractivity contribution in [1.82, 2.24) is 14.5 Å². The predicted octanol–water partition coefficient (Wildman–Crippen LogP) is 2.30. The topological polar surface area (TPSA) is 50.5 Å². The fourth-order valence-electron chi connectivity index (χ4n) is 3.38. The lowest BCUT2D eigenvalue weighted by Crippen LogP contribution is -2.43. The number of imidazole rings is 1. The third kappa shape index (κ3) is 3.26. The van der Waals surface area contributed by atoms with Gasteiger partial charge in [-0.15, -0.1) is 0 Å². The van der Waals surface area contributed by atoms with Gasteiger partial charge in [-0.3, -0.25) is 0 Å². The Balaban J connectivity index is 1.68. The van der Waals surface area contributed by atoms with E-state index in [1.54, 1.807) is 12.5 Å². The lowest BCUT2D eigenvalue weighted by molar-refractivity contribution is -0.0153. The number of likely N-dealkylation sites (tertiary alicyclic amines) is 1. The summed E-state index contributed by atoms with van der Waals surface area (Å²) >= 11 is 0. The minimum absolute atomic E-state index is 0.170. The summed E-state index contributed by atoms with van der Waals surface area (Å²) in [5.41, 5.74) is 1.11. The zero-order valence-corrected chi connectivity index (χ0v) is 14.1. The Morgan fingerprint density at radius 2 is 2.04 bits per heavy atom. The van der Waals surface area contributed by atoms with E-state index in [1.807, 2.05) is 42.8 Å². The third-order valence-electron chi connectivity index (χ3n) is 4.91. The molecule has 23 heavy (non-hydrogen) atoms. The molecule has 0 aliphatic carbocycles. The highest BCUT2D eigenvalue weighted by molar-refractivity contribution is 5.32. The molecule has 2 aromatic rings. The van der Waals surface area contributed by atoms with Crippen LogP contribution in [0.3, 0.4) is 0 Å². The number of ether oxygens (including phenoxy) is 1. The first-order valence-electron chi connectivity index (χ1n) is 8.09. The highest BCUT2D eigenvalue weighted by Crippen LogP contribution is 2.34. The summed E-state index contributed by atoms with van der Waals surface area (Å²) in [5, 5.41) is 11.0. The van der Waals surface area contributed by atoms with Crippen LogP contribution in [0.2, 0.25) is 0 Å². The Morgan fingerprint density at radius 1 is 1.30 bits per heavy atom. The van der Waals surface area contributed by atoms with Crippen molar-refractivity contribution < 1.29 is 9.84 Å². The van der Waals surface area contributed by atoms with Crippen LogP contribution in [-0.2, 0) is 19.3 Å². The van der Waals surface area contributed by atoms with Gasteiger partial charge in [0.2, 0.25) is 0 Å². The Hall–Kier alpha value is -1.85. The van der Waals surface area contributed by atoms with Gasteiger partial charge >= 0.3 is 0 Å². The maximum absolute atomic E-state index is 11.0. The molecule has 1 aromatic carbocycles. The molecule has 2 heterocycles. The van der Waals surface area contributed by atoms with Crippen LogP contribution in [0.5, 0.6) is 5.75 Å². The number of hydrogen-bond donors (Lipinski definition) is 1. The van der Waals surface area contributed by atoms with E-state index < -0.39 is 5.60 Å². The molecule has 1 fully saturated rings. The molecule has 0 saturated carbocycles. The molecule has 1 saturated heterocycles. The summed E-state index contributed by atoms with van der Waals surface area (Å²) in [4.78, 5) is 6.32.